The summed E-state index contributed by atoms with van der Waals surface area (Å²) >= 11 is 6.15. The van der Waals surface area contributed by atoms with Crippen LogP contribution >= 0.6 is 11.6 Å². The summed E-state index contributed by atoms with van der Waals surface area (Å²) in [5.74, 6) is -0.890. The third kappa shape index (κ3) is 4.94. The Balaban J connectivity index is 1.75. The molecule has 0 aromatic heterocycles. The molecule has 0 radical (unpaired) electrons. The standard InChI is InChI=1S/C21H24ClFN2O4S/c1-3-29-20-9-8-17(12-18(20)22)30(27,28)25-10-4-5-15(13-25)21(26)24-19-11-16(23)7-6-14(19)2/h6-9,11-12,15H,3-5,10,13H2,1-2H3,(H,24,26)/t15-/m1/s1. The number of anilines is 1. The van der Waals surface area contributed by atoms with Gasteiger partial charge in [-0.3, -0.25) is 4.79 Å². The van der Waals surface area contributed by atoms with Crippen LogP contribution in [0.4, 0.5) is 10.1 Å². The van der Waals surface area contributed by atoms with E-state index in [9.17, 15) is 17.6 Å². The molecule has 1 atom stereocenters. The van der Waals surface area contributed by atoms with E-state index < -0.39 is 21.8 Å². The number of amides is 1. The van der Waals surface area contributed by atoms with Crippen LogP contribution in [0.5, 0.6) is 5.75 Å². The van der Waals surface area contributed by atoms with E-state index in [4.69, 9.17) is 16.3 Å². The summed E-state index contributed by atoms with van der Waals surface area (Å²) in [5.41, 5.74) is 1.12. The van der Waals surface area contributed by atoms with Crippen molar-refractivity contribution in [2.75, 3.05) is 25.0 Å². The van der Waals surface area contributed by atoms with Crippen molar-refractivity contribution >= 4 is 33.2 Å². The second-order valence-corrected chi connectivity index (χ2v) is 9.52. The van der Waals surface area contributed by atoms with Crippen molar-refractivity contribution in [3.05, 3.63) is 52.8 Å². The van der Waals surface area contributed by atoms with E-state index in [2.05, 4.69) is 5.32 Å². The van der Waals surface area contributed by atoms with E-state index in [1.165, 1.54) is 34.6 Å². The Hall–Kier alpha value is -2.16. The fourth-order valence-electron chi connectivity index (χ4n) is 3.40. The number of rotatable bonds is 6. The van der Waals surface area contributed by atoms with Crippen molar-refractivity contribution < 1.29 is 22.3 Å². The monoisotopic (exact) mass is 454 g/mol. The topological polar surface area (TPSA) is 75.7 Å². The van der Waals surface area contributed by atoms with E-state index in [0.29, 0.717) is 37.4 Å². The van der Waals surface area contributed by atoms with Gasteiger partial charge in [-0.25, -0.2) is 12.8 Å². The molecule has 1 amide bonds. The molecule has 9 heteroatoms. The van der Waals surface area contributed by atoms with Crippen molar-refractivity contribution in [2.45, 2.75) is 31.6 Å². The van der Waals surface area contributed by atoms with Gasteiger partial charge in [0.2, 0.25) is 15.9 Å². The summed E-state index contributed by atoms with van der Waals surface area (Å²) in [4.78, 5) is 12.8. The highest BCUT2D eigenvalue weighted by Crippen LogP contribution is 2.31. The molecule has 1 N–H and O–H groups in total. The molecule has 1 fully saturated rings. The van der Waals surface area contributed by atoms with Crippen LogP contribution in [-0.2, 0) is 14.8 Å². The Morgan fingerprint density at radius 1 is 1.30 bits per heavy atom. The second kappa shape index (κ2) is 9.32. The zero-order valence-electron chi connectivity index (χ0n) is 16.8. The zero-order valence-corrected chi connectivity index (χ0v) is 18.4. The molecule has 3 rings (SSSR count). The molecule has 2 aromatic carbocycles. The normalized spacial score (nSPS) is 17.5. The van der Waals surface area contributed by atoms with Crippen LogP contribution in [-0.4, -0.2) is 38.3 Å². The Morgan fingerprint density at radius 2 is 2.07 bits per heavy atom. The first-order valence-corrected chi connectivity index (χ1v) is 11.5. The van der Waals surface area contributed by atoms with Gasteiger partial charge >= 0.3 is 0 Å². The smallest absolute Gasteiger partial charge is 0.243 e. The van der Waals surface area contributed by atoms with Crippen molar-refractivity contribution in [1.82, 2.24) is 4.31 Å². The first-order valence-electron chi connectivity index (χ1n) is 9.72. The number of nitrogens with one attached hydrogen (secondary N) is 1. The van der Waals surface area contributed by atoms with Gasteiger partial charge < -0.3 is 10.1 Å². The lowest BCUT2D eigenvalue weighted by Gasteiger charge is -2.31. The molecule has 1 heterocycles. The number of carbonyl (C=O) groups is 1. The number of nitrogens with zero attached hydrogens (tertiary/aromatic N) is 1. The number of sulfonamides is 1. The Morgan fingerprint density at radius 3 is 2.77 bits per heavy atom. The summed E-state index contributed by atoms with van der Waals surface area (Å²) in [6.07, 6.45) is 1.10. The molecule has 162 valence electrons. The van der Waals surface area contributed by atoms with E-state index in [1.54, 1.807) is 13.0 Å². The van der Waals surface area contributed by atoms with Gasteiger partial charge in [-0.2, -0.15) is 4.31 Å². The maximum atomic E-state index is 13.5. The molecular weight excluding hydrogens is 431 g/mol. The fraction of sp³-hybridized carbons (Fsp3) is 0.381. The quantitative estimate of drug-likeness (QED) is 0.708. The minimum absolute atomic E-state index is 0.0490. The van der Waals surface area contributed by atoms with Gasteiger partial charge in [-0.1, -0.05) is 17.7 Å². The molecular formula is C21H24ClFN2O4S. The molecule has 2 aromatic rings. The number of piperidine rings is 1. The summed E-state index contributed by atoms with van der Waals surface area (Å²) < 4.78 is 46.3. The predicted molar refractivity (Wildman–Crippen MR) is 114 cm³/mol. The van der Waals surface area contributed by atoms with Gasteiger partial charge in [-0.15, -0.1) is 0 Å². The number of ether oxygens (including phenoxy) is 1. The molecule has 6 nitrogen and oxygen atoms in total. The predicted octanol–water partition coefficient (Wildman–Crippen LogP) is 4.23. The number of aryl methyl sites for hydroxylation is 1. The van der Waals surface area contributed by atoms with Crippen molar-refractivity contribution in [3.63, 3.8) is 0 Å². The van der Waals surface area contributed by atoms with Crippen molar-refractivity contribution in [2.24, 2.45) is 5.92 Å². The van der Waals surface area contributed by atoms with E-state index in [0.717, 1.165) is 5.56 Å². The van der Waals surface area contributed by atoms with Crippen LogP contribution in [0.3, 0.4) is 0 Å². The van der Waals surface area contributed by atoms with E-state index in [1.807, 2.05) is 6.92 Å². The average Bonchev–Trinajstić information content (AvgIpc) is 2.72. The maximum Gasteiger partial charge on any atom is 0.243 e. The minimum atomic E-state index is -3.82. The summed E-state index contributed by atoms with van der Waals surface area (Å²) in [5, 5.41) is 2.94. The summed E-state index contributed by atoms with van der Waals surface area (Å²) in [6, 6.07) is 8.50. The highest BCUT2D eigenvalue weighted by Gasteiger charge is 2.33. The molecule has 0 unspecified atom stereocenters. The van der Waals surface area contributed by atoms with Crippen LogP contribution < -0.4 is 10.1 Å². The van der Waals surface area contributed by atoms with E-state index in [-0.39, 0.29) is 22.4 Å². The molecule has 1 saturated heterocycles. The molecule has 1 aliphatic heterocycles. The SMILES string of the molecule is CCOc1ccc(S(=O)(=O)N2CCC[C@@H](C(=O)Nc3cc(F)ccc3C)C2)cc1Cl. The summed E-state index contributed by atoms with van der Waals surface area (Å²) in [7, 11) is -3.82. The average molecular weight is 455 g/mol. The minimum Gasteiger partial charge on any atom is -0.492 e. The number of halogens is 2. The third-order valence-electron chi connectivity index (χ3n) is 5.05. The summed E-state index contributed by atoms with van der Waals surface area (Å²) in [6.45, 7) is 4.36. The fourth-order valence-corrected chi connectivity index (χ4v) is 5.25. The van der Waals surface area contributed by atoms with Gasteiger partial charge in [0.15, 0.2) is 0 Å². The van der Waals surface area contributed by atoms with Crippen LogP contribution in [0.15, 0.2) is 41.3 Å². The highest BCUT2D eigenvalue weighted by atomic mass is 35.5. The lowest BCUT2D eigenvalue weighted by molar-refractivity contribution is -0.120. The lowest BCUT2D eigenvalue weighted by Crippen LogP contribution is -2.43. The van der Waals surface area contributed by atoms with Gasteiger partial charge in [0.05, 0.1) is 22.4 Å². The number of hydrogen-bond donors (Lipinski definition) is 1. The number of benzene rings is 2. The number of hydrogen-bond acceptors (Lipinski definition) is 4. The molecule has 30 heavy (non-hydrogen) atoms. The van der Waals surface area contributed by atoms with Crippen molar-refractivity contribution in [1.29, 1.82) is 0 Å². The third-order valence-corrected chi connectivity index (χ3v) is 7.21. The van der Waals surface area contributed by atoms with E-state index >= 15 is 0 Å². The van der Waals surface area contributed by atoms with Crippen LogP contribution in [0.25, 0.3) is 0 Å². The maximum absolute atomic E-state index is 13.5. The second-order valence-electron chi connectivity index (χ2n) is 7.18. The molecule has 0 aliphatic carbocycles. The van der Waals surface area contributed by atoms with Gasteiger partial charge in [0, 0.05) is 18.8 Å². The highest BCUT2D eigenvalue weighted by molar-refractivity contribution is 7.89. The van der Waals surface area contributed by atoms with Crippen LogP contribution in [0, 0.1) is 18.7 Å². The first kappa shape index (κ1) is 22.5. The van der Waals surface area contributed by atoms with Gasteiger partial charge in [0.1, 0.15) is 11.6 Å². The van der Waals surface area contributed by atoms with Gasteiger partial charge in [-0.05, 0) is 62.6 Å². The molecule has 0 saturated carbocycles. The molecule has 1 aliphatic rings. The Bertz CT molecular complexity index is 1050. The Kier molecular flexibility index (Phi) is 7.00. The van der Waals surface area contributed by atoms with Crippen LogP contribution in [0.1, 0.15) is 25.3 Å². The first-order chi connectivity index (χ1) is 14.2. The number of carbonyl (C=O) groups excluding carboxylic acids is 1. The molecule has 0 bridgehead atoms. The van der Waals surface area contributed by atoms with Gasteiger partial charge in [0.25, 0.3) is 0 Å². The zero-order chi connectivity index (χ0) is 21.9. The lowest BCUT2D eigenvalue weighted by atomic mass is 9.98. The Labute approximate surface area is 181 Å². The van der Waals surface area contributed by atoms with Crippen LogP contribution in [0.2, 0.25) is 5.02 Å². The molecule has 0 spiro atoms. The largest absolute Gasteiger partial charge is 0.492 e. The van der Waals surface area contributed by atoms with Crippen molar-refractivity contribution in [3.8, 4) is 5.75 Å².